The van der Waals surface area contributed by atoms with Gasteiger partial charge >= 0.3 is 0 Å². The van der Waals surface area contributed by atoms with Gasteiger partial charge in [0.15, 0.2) is 0 Å². The van der Waals surface area contributed by atoms with Gasteiger partial charge in [0.25, 0.3) is 0 Å². The first-order valence-corrected chi connectivity index (χ1v) is 7.83. The van der Waals surface area contributed by atoms with E-state index in [1.54, 1.807) is 12.2 Å². The van der Waals surface area contributed by atoms with Crippen molar-refractivity contribution in [3.63, 3.8) is 0 Å². The molecule has 0 radical (unpaired) electrons. The van der Waals surface area contributed by atoms with Crippen molar-refractivity contribution < 1.29 is 5.11 Å². The van der Waals surface area contributed by atoms with Gasteiger partial charge in [-0.2, -0.15) is 0 Å². The number of benzene rings is 1. The van der Waals surface area contributed by atoms with Crippen molar-refractivity contribution in [3.05, 3.63) is 53.5 Å². The monoisotopic (exact) mass is 309 g/mol. The SMILES string of the molecule is OC/C=C/c1cn(C[C@@H]2Cc3c([nH]c4ccccc34)CN2)nn1. The molecule has 2 aromatic heterocycles. The van der Waals surface area contributed by atoms with Crippen molar-refractivity contribution in [1.29, 1.82) is 0 Å². The molecular formula is C17H19N5O. The molecule has 0 spiro atoms. The fourth-order valence-corrected chi connectivity index (χ4v) is 3.21. The Morgan fingerprint density at radius 2 is 2.26 bits per heavy atom. The second-order valence-corrected chi connectivity index (χ2v) is 5.86. The molecule has 0 amide bonds. The highest BCUT2D eigenvalue weighted by atomic mass is 16.2. The maximum Gasteiger partial charge on any atom is 0.105 e. The van der Waals surface area contributed by atoms with Gasteiger partial charge in [0.05, 0.1) is 19.3 Å². The maximum absolute atomic E-state index is 8.80. The van der Waals surface area contributed by atoms with Gasteiger partial charge in [-0.3, -0.25) is 4.68 Å². The summed E-state index contributed by atoms with van der Waals surface area (Å²) >= 11 is 0. The van der Waals surface area contributed by atoms with Crippen LogP contribution in [0.15, 0.2) is 36.5 Å². The fourth-order valence-electron chi connectivity index (χ4n) is 3.21. The van der Waals surface area contributed by atoms with E-state index in [1.807, 2.05) is 10.9 Å². The third kappa shape index (κ3) is 2.78. The number of para-hydroxylation sites is 1. The Morgan fingerprint density at radius 1 is 1.35 bits per heavy atom. The van der Waals surface area contributed by atoms with Crippen LogP contribution in [0.3, 0.4) is 0 Å². The lowest BCUT2D eigenvalue weighted by molar-refractivity contribution is 0.343. The van der Waals surface area contributed by atoms with Crippen LogP contribution >= 0.6 is 0 Å². The zero-order valence-corrected chi connectivity index (χ0v) is 12.7. The number of fused-ring (bicyclic) bond motifs is 3. The number of aromatic nitrogens is 4. The molecule has 0 saturated heterocycles. The van der Waals surface area contributed by atoms with Gasteiger partial charge in [0, 0.05) is 29.2 Å². The Bertz CT molecular complexity index is 848. The van der Waals surface area contributed by atoms with Crippen LogP contribution in [0, 0.1) is 0 Å². The third-order valence-electron chi connectivity index (χ3n) is 4.28. The van der Waals surface area contributed by atoms with E-state index in [0.29, 0.717) is 6.04 Å². The summed E-state index contributed by atoms with van der Waals surface area (Å²) in [5.41, 5.74) is 4.66. The number of rotatable bonds is 4. The van der Waals surface area contributed by atoms with Gasteiger partial charge in [-0.1, -0.05) is 29.5 Å². The van der Waals surface area contributed by atoms with Gasteiger partial charge in [-0.15, -0.1) is 5.10 Å². The first-order chi connectivity index (χ1) is 11.3. The van der Waals surface area contributed by atoms with Gasteiger partial charge in [0.1, 0.15) is 5.69 Å². The Labute approximate surface area is 133 Å². The lowest BCUT2D eigenvalue weighted by Gasteiger charge is -2.23. The van der Waals surface area contributed by atoms with Crippen molar-refractivity contribution in [2.24, 2.45) is 0 Å². The van der Waals surface area contributed by atoms with E-state index < -0.39 is 0 Å². The van der Waals surface area contributed by atoms with E-state index in [9.17, 15) is 0 Å². The zero-order chi connectivity index (χ0) is 15.6. The minimum Gasteiger partial charge on any atom is -0.392 e. The number of aliphatic hydroxyl groups is 1. The number of nitrogens with one attached hydrogen (secondary N) is 2. The van der Waals surface area contributed by atoms with E-state index in [1.165, 1.54) is 22.2 Å². The first-order valence-electron chi connectivity index (χ1n) is 7.83. The van der Waals surface area contributed by atoms with Crippen LogP contribution in [0.2, 0.25) is 0 Å². The smallest absolute Gasteiger partial charge is 0.105 e. The molecule has 1 atom stereocenters. The van der Waals surface area contributed by atoms with Crippen molar-refractivity contribution in [2.75, 3.05) is 6.61 Å². The van der Waals surface area contributed by atoms with Gasteiger partial charge < -0.3 is 15.4 Å². The van der Waals surface area contributed by atoms with E-state index >= 15 is 0 Å². The molecule has 0 fully saturated rings. The Balaban J connectivity index is 1.51. The van der Waals surface area contributed by atoms with Crippen LogP contribution in [0.5, 0.6) is 0 Å². The summed E-state index contributed by atoms with van der Waals surface area (Å²) in [7, 11) is 0. The molecule has 3 heterocycles. The first kappa shape index (κ1) is 14.2. The summed E-state index contributed by atoms with van der Waals surface area (Å²) in [6, 6.07) is 8.79. The Morgan fingerprint density at radius 3 is 3.17 bits per heavy atom. The largest absolute Gasteiger partial charge is 0.392 e. The normalized spacial score (nSPS) is 17.9. The highest BCUT2D eigenvalue weighted by Crippen LogP contribution is 2.26. The average molecular weight is 309 g/mol. The predicted molar refractivity (Wildman–Crippen MR) is 88.8 cm³/mol. The van der Waals surface area contributed by atoms with Crippen molar-refractivity contribution in [2.45, 2.75) is 25.6 Å². The van der Waals surface area contributed by atoms with Crippen LogP contribution in [-0.2, 0) is 19.5 Å². The molecule has 0 unspecified atom stereocenters. The molecule has 23 heavy (non-hydrogen) atoms. The van der Waals surface area contributed by atoms with Crippen LogP contribution in [0.1, 0.15) is 17.0 Å². The molecule has 1 aromatic carbocycles. The third-order valence-corrected chi connectivity index (χ3v) is 4.28. The minimum absolute atomic E-state index is 0.0143. The molecule has 118 valence electrons. The van der Waals surface area contributed by atoms with E-state index in [2.05, 4.69) is 44.9 Å². The summed E-state index contributed by atoms with van der Waals surface area (Å²) in [4.78, 5) is 3.50. The number of H-pyrrole nitrogens is 1. The second-order valence-electron chi connectivity index (χ2n) is 5.86. The van der Waals surface area contributed by atoms with Crippen LogP contribution < -0.4 is 5.32 Å². The Kier molecular flexibility index (Phi) is 3.69. The maximum atomic E-state index is 8.80. The lowest BCUT2D eigenvalue weighted by atomic mass is 9.98. The summed E-state index contributed by atoms with van der Waals surface area (Å²) in [5, 5.41) is 21.9. The second kappa shape index (κ2) is 5.98. The molecule has 3 aromatic rings. The average Bonchev–Trinajstić information content (AvgIpc) is 3.17. The molecule has 0 saturated carbocycles. The number of nitrogens with zero attached hydrogens (tertiary/aromatic N) is 3. The predicted octanol–water partition coefficient (Wildman–Crippen LogP) is 1.48. The molecule has 4 rings (SSSR count). The highest BCUT2D eigenvalue weighted by Gasteiger charge is 2.22. The standard InChI is InChI=1S/C17H19N5O/c23-7-3-4-12-10-22(21-20-12)11-13-8-15-14-5-1-2-6-16(14)19-17(15)9-18-13/h1-6,10,13,18-19,23H,7-9,11H2/b4-3+/t13-/m0/s1. The quantitative estimate of drug-likeness (QED) is 0.682. The van der Waals surface area contributed by atoms with Crippen molar-refractivity contribution in [3.8, 4) is 0 Å². The molecule has 3 N–H and O–H groups in total. The topological polar surface area (TPSA) is 78.8 Å². The summed E-state index contributed by atoms with van der Waals surface area (Å²) in [6.45, 7) is 1.64. The molecule has 0 aliphatic carbocycles. The summed E-state index contributed by atoms with van der Waals surface area (Å²) in [6.07, 6.45) is 6.31. The van der Waals surface area contributed by atoms with Crippen LogP contribution in [0.4, 0.5) is 0 Å². The summed E-state index contributed by atoms with van der Waals surface area (Å²) in [5.74, 6) is 0. The molecular weight excluding hydrogens is 290 g/mol. The van der Waals surface area contributed by atoms with Crippen LogP contribution in [0.25, 0.3) is 17.0 Å². The van der Waals surface area contributed by atoms with Gasteiger partial charge in [0.2, 0.25) is 0 Å². The van der Waals surface area contributed by atoms with E-state index in [4.69, 9.17) is 5.11 Å². The highest BCUT2D eigenvalue weighted by molar-refractivity contribution is 5.84. The number of aliphatic hydroxyl groups excluding tert-OH is 1. The van der Waals surface area contributed by atoms with Gasteiger partial charge in [-0.25, -0.2) is 0 Å². The molecule has 6 heteroatoms. The number of hydrogen-bond donors (Lipinski definition) is 3. The molecule has 0 bridgehead atoms. The van der Waals surface area contributed by atoms with E-state index in [0.717, 1.165) is 25.2 Å². The molecule has 6 nitrogen and oxygen atoms in total. The van der Waals surface area contributed by atoms with Crippen LogP contribution in [-0.4, -0.2) is 37.7 Å². The fraction of sp³-hybridized carbons (Fsp3) is 0.294. The van der Waals surface area contributed by atoms with E-state index in [-0.39, 0.29) is 6.61 Å². The number of hydrogen-bond acceptors (Lipinski definition) is 4. The summed E-state index contributed by atoms with van der Waals surface area (Å²) < 4.78 is 1.86. The zero-order valence-electron chi connectivity index (χ0n) is 12.7. The lowest BCUT2D eigenvalue weighted by Crippen LogP contribution is -2.38. The molecule has 1 aliphatic rings. The Hall–Kier alpha value is -2.44. The number of aromatic amines is 1. The van der Waals surface area contributed by atoms with Crippen molar-refractivity contribution in [1.82, 2.24) is 25.3 Å². The van der Waals surface area contributed by atoms with Gasteiger partial charge in [-0.05, 0) is 24.1 Å². The minimum atomic E-state index is 0.0143. The van der Waals surface area contributed by atoms with Crippen molar-refractivity contribution >= 4 is 17.0 Å². The molecule has 1 aliphatic heterocycles.